The number of hydrogen-bond acceptors (Lipinski definition) is 18. The van der Waals surface area contributed by atoms with Crippen LogP contribution in [-0.2, 0) is 51.6 Å². The van der Waals surface area contributed by atoms with Crippen LogP contribution in [0.5, 0.6) is 11.5 Å². The topological polar surface area (TPSA) is 297 Å². The number of amides is 2. The highest BCUT2D eigenvalue weighted by atomic mass is 32.2. The van der Waals surface area contributed by atoms with E-state index >= 15 is 0 Å². The minimum Gasteiger partial charge on any atom is -0.492 e. The molecule has 26 heteroatoms. The predicted octanol–water partition coefficient (Wildman–Crippen LogP) is 6.28. The number of benzene rings is 4. The fourth-order valence-corrected chi connectivity index (χ4v) is 9.59. The first kappa shape index (κ1) is 59.2. The monoisotopic (exact) mass is 1140 g/mol. The number of ether oxygens (including phenoxy) is 2. The normalized spacial score (nSPS) is 13.5. The molecule has 0 saturated heterocycles. The van der Waals surface area contributed by atoms with Gasteiger partial charge in [0.2, 0.25) is 20.0 Å². The number of methoxy groups -OCH3 is 2. The summed E-state index contributed by atoms with van der Waals surface area (Å²) in [5.41, 5.74) is 21.3. The summed E-state index contributed by atoms with van der Waals surface area (Å²) >= 11 is 0. The number of aldehydes is 1. The van der Waals surface area contributed by atoms with Gasteiger partial charge in [-0.15, -0.1) is 11.1 Å². The molecule has 4 heterocycles. The Morgan fingerprint density at radius 3 is 1.39 bits per heavy atom. The van der Waals surface area contributed by atoms with Crippen molar-refractivity contribution in [1.29, 1.82) is 0 Å². The lowest BCUT2D eigenvalue weighted by molar-refractivity contribution is 0.101. The first-order valence-electron chi connectivity index (χ1n) is 24.8. The molecule has 0 fully saturated rings. The molecule has 2 amide bonds. The van der Waals surface area contributed by atoms with E-state index in [0.29, 0.717) is 57.5 Å². The number of aliphatic hydroxyl groups is 1. The quantitative estimate of drug-likeness (QED) is 0.0482. The van der Waals surface area contributed by atoms with E-state index in [1.54, 1.807) is 93.3 Å². The lowest BCUT2D eigenvalue weighted by Crippen LogP contribution is -2.36. The summed E-state index contributed by atoms with van der Waals surface area (Å²) in [7, 11) is -0.820. The Kier molecular flexibility index (Phi) is 17.1. The van der Waals surface area contributed by atoms with Gasteiger partial charge in [-0.05, 0) is 95.5 Å². The second kappa shape index (κ2) is 23.1. The van der Waals surface area contributed by atoms with Crippen molar-refractivity contribution in [3.05, 3.63) is 142 Å². The Morgan fingerprint density at radius 2 is 1.04 bits per heavy atom. The number of aliphatic hydroxyl groups excluding tert-OH is 1. The molecule has 24 nitrogen and oxygen atoms in total. The first-order chi connectivity index (χ1) is 37.4. The molecule has 0 aliphatic carbocycles. The second-order valence-corrected chi connectivity index (χ2v) is 24.6. The van der Waals surface area contributed by atoms with Gasteiger partial charge in [0.25, 0.3) is 11.8 Å². The van der Waals surface area contributed by atoms with Crippen molar-refractivity contribution in [2.24, 2.45) is 14.1 Å². The van der Waals surface area contributed by atoms with Crippen LogP contribution in [0, 0.1) is 13.8 Å². The molecule has 0 unspecified atom stereocenters. The number of carbonyl (C=O) groups excluding carboxylic acids is 3. The smallest absolute Gasteiger partial charge is 0.255 e. The zero-order valence-corrected chi connectivity index (χ0v) is 48.6. The molecule has 8 rings (SSSR count). The number of hydrogen-bond donors (Lipinski definition) is 9. The van der Waals surface area contributed by atoms with E-state index < -0.39 is 31.9 Å². The van der Waals surface area contributed by atoms with Crippen molar-refractivity contribution < 1.29 is 45.8 Å². The third kappa shape index (κ3) is 13.5. The van der Waals surface area contributed by atoms with E-state index in [0.717, 1.165) is 51.8 Å². The van der Waals surface area contributed by atoms with Gasteiger partial charge in [0.1, 0.15) is 12.4 Å². The summed E-state index contributed by atoms with van der Waals surface area (Å²) in [6, 6.07) is 17.5. The number of nitrogens with one attached hydrogen (secondary N) is 8. The second-order valence-electron chi connectivity index (χ2n) is 21.1. The van der Waals surface area contributed by atoms with Gasteiger partial charge in [0.15, 0.2) is 23.6 Å². The Hall–Kier alpha value is -8.43. The molecule has 0 saturated carbocycles. The molecule has 426 valence electrons. The van der Waals surface area contributed by atoms with Crippen molar-refractivity contribution in [2.75, 3.05) is 56.8 Å². The van der Waals surface area contributed by atoms with E-state index in [1.807, 2.05) is 80.8 Å². The van der Waals surface area contributed by atoms with Crippen LogP contribution in [0.2, 0.25) is 0 Å². The molecule has 0 bridgehead atoms. The van der Waals surface area contributed by atoms with Crippen LogP contribution in [0.1, 0.15) is 112 Å². The lowest BCUT2D eigenvalue weighted by atomic mass is 9.86. The van der Waals surface area contributed by atoms with Crippen molar-refractivity contribution in [3.8, 4) is 11.5 Å². The number of sulfonamides is 2. The zero-order chi connectivity index (χ0) is 58.8. The van der Waals surface area contributed by atoms with E-state index in [-0.39, 0.29) is 40.3 Å². The number of rotatable bonds is 16. The zero-order valence-electron chi connectivity index (χ0n) is 47.0. The van der Waals surface area contributed by atoms with Gasteiger partial charge in [0, 0.05) is 25.2 Å². The summed E-state index contributed by atoms with van der Waals surface area (Å²) in [6.45, 7) is 15.6. The maximum absolute atomic E-state index is 13.5. The molecule has 80 heavy (non-hydrogen) atoms. The van der Waals surface area contributed by atoms with Crippen LogP contribution < -0.4 is 61.5 Å². The van der Waals surface area contributed by atoms with Gasteiger partial charge >= 0.3 is 0 Å². The Bertz CT molecular complexity index is 3690. The molecular formula is C54H68N14O10S2. The summed E-state index contributed by atoms with van der Waals surface area (Å²) in [4.78, 5) is 46.4. The number of aromatic nitrogens is 4. The van der Waals surface area contributed by atoms with Crippen LogP contribution in [-0.4, -0.2) is 85.9 Å². The van der Waals surface area contributed by atoms with Crippen molar-refractivity contribution in [3.63, 3.8) is 0 Å². The molecule has 2 aliphatic heterocycles. The maximum atomic E-state index is 13.5. The number of hydrazine groups is 4. The molecule has 0 atom stereocenters. The molecule has 2 aliphatic rings. The Balaban J connectivity index is 0.000000231. The third-order valence-corrected chi connectivity index (χ3v) is 14.1. The first-order valence-corrected chi connectivity index (χ1v) is 28.6. The minimum absolute atomic E-state index is 0.174. The standard InChI is InChI=1S/C27H35N7O5S.C27H33N7O5S/c2*1-16-8-9-17(10-22(16)34-14-21(30-32-34)23-13-28-24(15-35)33(23)5)26(36)29-19-11-18(27(2,3)4)12-20(25(19)39-6)31-40(7,37)38/h8-14,30-32,35H,15H2,1-7H3,(H,29,36);8-15,30-32H,1-7H3,(H,29,36). The largest absolute Gasteiger partial charge is 0.492 e. The van der Waals surface area contributed by atoms with Gasteiger partial charge in [-0.2, -0.15) is 0 Å². The lowest BCUT2D eigenvalue weighted by Gasteiger charge is -2.24. The van der Waals surface area contributed by atoms with Gasteiger partial charge in [-0.1, -0.05) is 53.7 Å². The number of aryl methyl sites for hydroxylation is 2. The Labute approximate surface area is 465 Å². The average molecular weight is 1140 g/mol. The fourth-order valence-electron chi connectivity index (χ4n) is 8.49. The summed E-state index contributed by atoms with van der Waals surface area (Å²) in [5, 5.41) is 18.7. The van der Waals surface area contributed by atoms with Crippen LogP contribution >= 0.6 is 0 Å². The average Bonchev–Trinajstić information content (AvgIpc) is 4.21. The molecule has 9 N–H and O–H groups in total. The van der Waals surface area contributed by atoms with Crippen LogP contribution in [0.25, 0.3) is 11.4 Å². The van der Waals surface area contributed by atoms with E-state index in [9.17, 15) is 36.3 Å². The van der Waals surface area contributed by atoms with E-state index in [4.69, 9.17) is 9.47 Å². The van der Waals surface area contributed by atoms with E-state index in [1.165, 1.54) is 14.2 Å². The van der Waals surface area contributed by atoms with Gasteiger partial charge < -0.3 is 34.3 Å². The molecule has 2 aromatic heterocycles. The highest BCUT2D eigenvalue weighted by Gasteiger charge is 2.27. The number of anilines is 6. The van der Waals surface area contributed by atoms with Crippen LogP contribution in [0.3, 0.4) is 0 Å². The van der Waals surface area contributed by atoms with Crippen LogP contribution in [0.15, 0.2) is 85.5 Å². The van der Waals surface area contributed by atoms with Gasteiger partial charge in [-0.25, -0.2) is 26.8 Å². The van der Waals surface area contributed by atoms with Gasteiger partial charge in [-0.3, -0.25) is 44.7 Å². The predicted molar refractivity (Wildman–Crippen MR) is 310 cm³/mol. The molecule has 4 aromatic carbocycles. The summed E-state index contributed by atoms with van der Waals surface area (Å²) in [5.74, 6) is 0.429. The van der Waals surface area contributed by atoms with Gasteiger partial charge in [0.05, 0.1) is 108 Å². The van der Waals surface area contributed by atoms with Crippen molar-refractivity contribution in [2.45, 2.75) is 72.8 Å². The molecule has 0 radical (unpaired) electrons. The summed E-state index contributed by atoms with van der Waals surface area (Å²) < 4.78 is 67.6. The van der Waals surface area contributed by atoms with Crippen molar-refractivity contribution in [1.82, 2.24) is 41.0 Å². The highest BCUT2D eigenvalue weighted by molar-refractivity contribution is 7.92. The molecular weight excluding hydrogens is 1070 g/mol. The third-order valence-electron chi connectivity index (χ3n) is 12.9. The number of carbonyl (C=O) groups is 3. The van der Waals surface area contributed by atoms with Crippen molar-refractivity contribution >= 4 is 83.7 Å². The summed E-state index contributed by atoms with van der Waals surface area (Å²) in [6.07, 6.45) is 9.69. The maximum Gasteiger partial charge on any atom is 0.255 e. The SMILES string of the molecule is COc1c(NC(=O)c2ccc(C)c(N3C=C(c4cnc(C=O)n4C)NN3)c2)cc(C(C)(C)C)cc1NS(C)(=O)=O.COc1c(NC(=O)c2ccc(C)c(N3C=C(c4cnc(CO)n4C)NN3)c2)cc(C(C)(C)C)cc1NS(C)(=O)=O. The fraction of sp³-hybridized carbons (Fsp3) is 0.315. The highest BCUT2D eigenvalue weighted by Crippen LogP contribution is 2.41. The van der Waals surface area contributed by atoms with E-state index in [2.05, 4.69) is 52.0 Å². The van der Waals surface area contributed by atoms with Crippen LogP contribution in [0.4, 0.5) is 34.1 Å². The number of imidazole rings is 2. The Morgan fingerprint density at radius 1 is 0.637 bits per heavy atom. The minimum atomic E-state index is -3.61. The molecule has 0 spiro atoms. The number of nitrogens with zero attached hydrogens (tertiary/aromatic N) is 6. The molecule has 6 aromatic rings.